The normalized spacial score (nSPS) is 12.3. The van der Waals surface area contributed by atoms with E-state index in [0.717, 1.165) is 86.0 Å². The van der Waals surface area contributed by atoms with Gasteiger partial charge in [0.2, 0.25) is 0 Å². The quantitative estimate of drug-likeness (QED) is 0.137. The molecule has 310 valence electrons. The summed E-state index contributed by atoms with van der Waals surface area (Å²) in [4.78, 5) is 7.07. The third-order valence-corrected chi connectivity index (χ3v) is 12.6. The fourth-order valence-corrected chi connectivity index (χ4v) is 9.72. The highest BCUT2D eigenvalue weighted by molar-refractivity contribution is 6.08. The van der Waals surface area contributed by atoms with E-state index in [-0.39, 0.29) is 0 Å². The van der Waals surface area contributed by atoms with E-state index in [1.165, 1.54) is 27.9 Å². The van der Waals surface area contributed by atoms with Crippen molar-refractivity contribution >= 4 is 84.4 Å². The van der Waals surface area contributed by atoms with E-state index in [9.17, 15) is 0 Å². The lowest BCUT2D eigenvalue weighted by Crippen LogP contribution is -2.19. The molecule has 11 aromatic rings. The molecule has 0 bridgehead atoms. The molecular weight excluding hydrogens is 793 g/mol. The Kier molecular flexibility index (Phi) is 9.57. The first-order valence-corrected chi connectivity index (χ1v) is 22.3. The summed E-state index contributed by atoms with van der Waals surface area (Å²) in [7, 11) is 0. The van der Waals surface area contributed by atoms with Gasteiger partial charge in [0, 0.05) is 79.1 Å². The predicted molar refractivity (Wildman–Crippen MR) is 271 cm³/mol. The van der Waals surface area contributed by atoms with Gasteiger partial charge in [-0.1, -0.05) is 109 Å². The second kappa shape index (κ2) is 16.3. The Morgan fingerprint density at radius 3 is 1.34 bits per heavy atom. The highest BCUT2D eigenvalue weighted by atomic mass is 16.3. The number of anilines is 8. The van der Waals surface area contributed by atoms with Crippen molar-refractivity contribution in [3.63, 3.8) is 0 Å². The first kappa shape index (κ1) is 38.2. The predicted octanol–water partition coefficient (Wildman–Crippen LogP) is 16.6. The molecule has 2 heterocycles. The van der Waals surface area contributed by atoms with Gasteiger partial charge < -0.3 is 23.7 Å². The lowest BCUT2D eigenvalue weighted by Gasteiger charge is -2.30. The van der Waals surface area contributed by atoms with Crippen molar-refractivity contribution in [2.75, 3.05) is 14.7 Å². The van der Waals surface area contributed by atoms with Crippen molar-refractivity contribution in [2.24, 2.45) is 0 Å². The SMILES string of the molecule is C1=C(N(c2ccccc2)c2ccc3oc4cc(N(c5ccccc5)c5ccccc5)ccc4c3c2)CCc2c1n(-c1ccccc1)c1ccc(N(c3ccccc3)c3ccccc3)cc21. The number of nitrogens with zero attached hydrogens (tertiary/aromatic N) is 4. The summed E-state index contributed by atoms with van der Waals surface area (Å²) >= 11 is 0. The average Bonchev–Trinajstić information content (AvgIpc) is 3.90. The van der Waals surface area contributed by atoms with Crippen LogP contribution in [-0.4, -0.2) is 4.57 Å². The molecule has 1 aliphatic rings. The number of para-hydroxylation sites is 6. The highest BCUT2D eigenvalue weighted by Crippen LogP contribution is 2.45. The average molecular weight is 837 g/mol. The van der Waals surface area contributed by atoms with Crippen molar-refractivity contribution in [1.29, 1.82) is 0 Å². The number of hydrogen-bond acceptors (Lipinski definition) is 4. The zero-order chi connectivity index (χ0) is 43.1. The Bertz CT molecular complexity index is 3390. The van der Waals surface area contributed by atoms with Gasteiger partial charge in [-0.25, -0.2) is 0 Å². The highest BCUT2D eigenvalue weighted by Gasteiger charge is 2.27. The van der Waals surface area contributed by atoms with E-state index >= 15 is 0 Å². The number of furan rings is 1. The number of aryl methyl sites for hydroxylation is 1. The Morgan fingerprint density at radius 1 is 0.338 bits per heavy atom. The van der Waals surface area contributed by atoms with Gasteiger partial charge in [0.1, 0.15) is 11.2 Å². The van der Waals surface area contributed by atoms with Gasteiger partial charge >= 0.3 is 0 Å². The molecule has 5 nitrogen and oxygen atoms in total. The van der Waals surface area contributed by atoms with Crippen LogP contribution in [-0.2, 0) is 6.42 Å². The van der Waals surface area contributed by atoms with Crippen molar-refractivity contribution in [2.45, 2.75) is 12.8 Å². The van der Waals surface area contributed by atoms with Gasteiger partial charge in [-0.15, -0.1) is 0 Å². The Hall–Kier alpha value is -8.54. The van der Waals surface area contributed by atoms with Crippen molar-refractivity contribution in [3.8, 4) is 5.69 Å². The fraction of sp³-hybridized carbons (Fsp3) is 0.0333. The van der Waals surface area contributed by atoms with Gasteiger partial charge in [-0.3, -0.25) is 0 Å². The summed E-state index contributed by atoms with van der Waals surface area (Å²) in [6.45, 7) is 0. The maximum Gasteiger partial charge on any atom is 0.137 e. The molecule has 65 heavy (non-hydrogen) atoms. The first-order chi connectivity index (χ1) is 32.2. The number of fused-ring (bicyclic) bond motifs is 6. The molecule has 0 unspecified atom stereocenters. The van der Waals surface area contributed by atoms with Gasteiger partial charge in [0.15, 0.2) is 0 Å². The monoisotopic (exact) mass is 836 g/mol. The van der Waals surface area contributed by atoms with E-state index in [0.29, 0.717) is 0 Å². The molecule has 0 N–H and O–H groups in total. The summed E-state index contributed by atoms with van der Waals surface area (Å²) in [6, 6.07) is 84.1. The van der Waals surface area contributed by atoms with E-state index in [1.807, 2.05) is 0 Å². The van der Waals surface area contributed by atoms with Gasteiger partial charge in [0.05, 0.1) is 11.2 Å². The molecule has 0 fully saturated rings. The molecule has 1 aliphatic carbocycles. The minimum Gasteiger partial charge on any atom is -0.456 e. The Labute approximate surface area is 378 Å². The molecular formula is C60H44N4O. The van der Waals surface area contributed by atoms with Gasteiger partial charge in [-0.2, -0.15) is 0 Å². The van der Waals surface area contributed by atoms with Crippen molar-refractivity contribution in [3.05, 3.63) is 254 Å². The summed E-state index contributed by atoms with van der Waals surface area (Å²) in [5, 5.41) is 3.43. The van der Waals surface area contributed by atoms with Crippen LogP contribution in [0, 0.1) is 0 Å². The molecule has 9 aromatic carbocycles. The second-order valence-corrected chi connectivity index (χ2v) is 16.5. The van der Waals surface area contributed by atoms with Crippen LogP contribution in [0.1, 0.15) is 17.7 Å². The largest absolute Gasteiger partial charge is 0.456 e. The minimum absolute atomic E-state index is 0.851. The fourth-order valence-electron chi connectivity index (χ4n) is 9.72. The standard InChI is InChI=1S/C60H44N4O/c1-7-19-43(20-8-1)61(44-21-9-2-10-22-44)49-33-37-57-55(39-49)53-35-31-51(41-58(53)64(57)48-29-17-6-18-30-48)63(47-27-15-5-16-28-47)50-34-38-59-56(40-50)54-36-32-52(42-60(54)65-59)62(45-23-11-3-12-24-45)46-25-13-4-14-26-46/h1-30,32-34,36-42H,31,35H2. The van der Waals surface area contributed by atoms with Crippen molar-refractivity contribution in [1.82, 2.24) is 4.57 Å². The van der Waals surface area contributed by atoms with Crippen LogP contribution < -0.4 is 14.7 Å². The van der Waals surface area contributed by atoms with Crippen LogP contribution in [0.2, 0.25) is 0 Å². The molecule has 0 saturated carbocycles. The van der Waals surface area contributed by atoms with E-state index in [4.69, 9.17) is 4.42 Å². The van der Waals surface area contributed by atoms with Crippen LogP contribution in [0.4, 0.5) is 45.5 Å². The lowest BCUT2D eigenvalue weighted by molar-refractivity contribution is 0.669. The summed E-state index contributed by atoms with van der Waals surface area (Å²) in [5.74, 6) is 0. The van der Waals surface area contributed by atoms with Gasteiger partial charge in [0.25, 0.3) is 0 Å². The molecule has 12 rings (SSSR count). The number of allylic oxidation sites excluding steroid dienone is 1. The van der Waals surface area contributed by atoms with Crippen LogP contribution in [0.25, 0.3) is 44.6 Å². The number of rotatable bonds is 10. The zero-order valence-corrected chi connectivity index (χ0v) is 35.7. The summed E-state index contributed by atoms with van der Waals surface area (Å²) in [5.41, 5.74) is 16.6. The molecule has 5 heteroatoms. The van der Waals surface area contributed by atoms with E-state index in [1.54, 1.807) is 0 Å². The maximum atomic E-state index is 6.66. The van der Waals surface area contributed by atoms with Crippen LogP contribution >= 0.6 is 0 Å². The summed E-state index contributed by atoms with van der Waals surface area (Å²) < 4.78 is 9.11. The zero-order valence-electron chi connectivity index (χ0n) is 35.7. The molecule has 2 aromatic heterocycles. The van der Waals surface area contributed by atoms with Crippen molar-refractivity contribution < 1.29 is 4.42 Å². The van der Waals surface area contributed by atoms with E-state index in [2.05, 4.69) is 262 Å². The Balaban J connectivity index is 0.992. The Morgan fingerprint density at radius 2 is 0.785 bits per heavy atom. The van der Waals surface area contributed by atoms with Crippen LogP contribution in [0.3, 0.4) is 0 Å². The number of aromatic nitrogens is 1. The first-order valence-electron chi connectivity index (χ1n) is 22.3. The van der Waals surface area contributed by atoms with Crippen LogP contribution in [0.5, 0.6) is 0 Å². The molecule has 0 atom stereocenters. The third kappa shape index (κ3) is 6.91. The lowest BCUT2D eigenvalue weighted by atomic mass is 9.96. The molecule has 0 amide bonds. The van der Waals surface area contributed by atoms with Crippen LogP contribution in [0.15, 0.2) is 247 Å². The van der Waals surface area contributed by atoms with Gasteiger partial charge in [-0.05, 0) is 146 Å². The molecule has 0 spiro atoms. The van der Waals surface area contributed by atoms with E-state index < -0.39 is 0 Å². The summed E-state index contributed by atoms with van der Waals surface area (Å²) in [6.07, 6.45) is 4.18. The number of benzene rings is 9. The molecule has 0 saturated heterocycles. The topological polar surface area (TPSA) is 27.8 Å². The molecule has 0 radical (unpaired) electrons. The molecule has 0 aliphatic heterocycles. The second-order valence-electron chi connectivity index (χ2n) is 16.5. The number of hydrogen-bond donors (Lipinski definition) is 0. The maximum absolute atomic E-state index is 6.66. The smallest absolute Gasteiger partial charge is 0.137 e. The third-order valence-electron chi connectivity index (χ3n) is 12.6. The minimum atomic E-state index is 0.851.